The molecule has 1 aliphatic rings. The van der Waals surface area contributed by atoms with E-state index in [0.29, 0.717) is 47.0 Å². The summed E-state index contributed by atoms with van der Waals surface area (Å²) in [7, 11) is 0.396. The van der Waals surface area contributed by atoms with E-state index in [1.165, 1.54) is 12.2 Å². The van der Waals surface area contributed by atoms with Crippen LogP contribution in [0.25, 0.3) is 0 Å². The lowest BCUT2D eigenvalue weighted by Crippen LogP contribution is -2.49. The highest BCUT2D eigenvalue weighted by Gasteiger charge is 2.35. The van der Waals surface area contributed by atoms with Crippen LogP contribution < -0.4 is 20.8 Å². The molecule has 2 rings (SSSR count). The first kappa shape index (κ1) is 35.9. The van der Waals surface area contributed by atoms with Crippen molar-refractivity contribution in [3.8, 4) is 5.75 Å². The Kier molecular flexibility index (Phi) is 15.4. The standard InChI is InChI=1S/C30H46BN3O9/c1-29(2,39)30(3,4)43-31-23-7-9-24(10-8-23)42-18-6-5-15-32-26(36)14-19-40-21-22-41-20-16-33-25(35)13-17-34-27(37)11-12-28(34)38/h7-12,31,39H,5-6,13-22H2,1-4H3,(H,32,36)(H,33,35). The van der Waals surface area contributed by atoms with Crippen LogP contribution in [0.15, 0.2) is 36.4 Å². The Morgan fingerprint density at radius 2 is 1.42 bits per heavy atom. The molecule has 0 unspecified atom stereocenters. The molecule has 3 N–H and O–H groups in total. The number of aliphatic hydroxyl groups is 1. The fraction of sp³-hybridized carbons (Fsp3) is 0.600. The first-order valence-electron chi connectivity index (χ1n) is 14.7. The van der Waals surface area contributed by atoms with Gasteiger partial charge >= 0.3 is 7.48 Å². The average molecular weight is 604 g/mol. The lowest BCUT2D eigenvalue weighted by atomic mass is 9.82. The van der Waals surface area contributed by atoms with Gasteiger partial charge in [-0.05, 0) is 52.7 Å². The van der Waals surface area contributed by atoms with Gasteiger partial charge in [0.1, 0.15) is 5.75 Å². The summed E-state index contributed by atoms with van der Waals surface area (Å²) in [6.07, 6.45) is 4.26. The molecule has 0 radical (unpaired) electrons. The number of carbonyl (C=O) groups is 4. The predicted molar refractivity (Wildman–Crippen MR) is 162 cm³/mol. The minimum atomic E-state index is -0.951. The van der Waals surface area contributed by atoms with Gasteiger partial charge in [0.2, 0.25) is 11.8 Å². The molecule has 13 heteroatoms. The number of nitrogens with zero attached hydrogens (tertiary/aromatic N) is 1. The Bertz CT molecular complexity index is 1050. The quantitative estimate of drug-likeness (QED) is 0.0969. The number of amides is 4. The smallest absolute Gasteiger partial charge is 0.309 e. The maximum absolute atomic E-state index is 11.9. The second kappa shape index (κ2) is 18.4. The van der Waals surface area contributed by atoms with E-state index in [1.807, 2.05) is 38.1 Å². The van der Waals surface area contributed by atoms with Crippen molar-refractivity contribution in [1.82, 2.24) is 15.5 Å². The van der Waals surface area contributed by atoms with E-state index in [2.05, 4.69) is 10.6 Å². The van der Waals surface area contributed by atoms with Crippen molar-refractivity contribution in [2.45, 2.75) is 64.6 Å². The zero-order valence-corrected chi connectivity index (χ0v) is 25.8. The summed E-state index contributed by atoms with van der Waals surface area (Å²) in [5, 5.41) is 15.7. The minimum absolute atomic E-state index is 0.0364. The maximum atomic E-state index is 11.9. The van der Waals surface area contributed by atoms with E-state index in [4.69, 9.17) is 18.9 Å². The molecule has 0 fully saturated rings. The number of hydrogen-bond donors (Lipinski definition) is 3. The Hall–Kier alpha value is -3.26. The van der Waals surface area contributed by atoms with Crippen molar-refractivity contribution in [2.75, 3.05) is 52.7 Å². The van der Waals surface area contributed by atoms with E-state index in [-0.39, 0.29) is 37.8 Å². The Morgan fingerprint density at radius 3 is 2.07 bits per heavy atom. The molecular weight excluding hydrogens is 557 g/mol. The van der Waals surface area contributed by atoms with E-state index < -0.39 is 23.0 Å². The highest BCUT2D eigenvalue weighted by molar-refractivity contribution is 6.47. The van der Waals surface area contributed by atoms with Crippen LogP contribution in [0.3, 0.4) is 0 Å². The second-order valence-corrected chi connectivity index (χ2v) is 11.1. The highest BCUT2D eigenvalue weighted by Crippen LogP contribution is 2.24. The Labute approximate surface area is 254 Å². The fourth-order valence-corrected chi connectivity index (χ4v) is 3.56. The average Bonchev–Trinajstić information content (AvgIpc) is 3.28. The van der Waals surface area contributed by atoms with Crippen LogP contribution in [-0.4, -0.2) is 105 Å². The first-order valence-corrected chi connectivity index (χ1v) is 14.7. The van der Waals surface area contributed by atoms with Crippen LogP contribution in [0.2, 0.25) is 0 Å². The molecule has 0 aromatic heterocycles. The van der Waals surface area contributed by atoms with E-state index >= 15 is 0 Å². The van der Waals surface area contributed by atoms with E-state index in [1.54, 1.807) is 13.8 Å². The van der Waals surface area contributed by atoms with Crippen molar-refractivity contribution < 1.29 is 43.1 Å². The molecule has 0 aliphatic carbocycles. The molecule has 0 spiro atoms. The van der Waals surface area contributed by atoms with Crippen LogP contribution in [0, 0.1) is 0 Å². The molecule has 4 amide bonds. The normalized spacial score (nSPS) is 13.4. The summed E-state index contributed by atoms with van der Waals surface area (Å²) in [5.74, 6) is -0.398. The van der Waals surface area contributed by atoms with Crippen LogP contribution >= 0.6 is 0 Å². The molecule has 0 atom stereocenters. The number of rotatable bonds is 22. The maximum Gasteiger partial charge on any atom is 0.309 e. The van der Waals surface area contributed by atoms with Crippen molar-refractivity contribution in [3.05, 3.63) is 36.4 Å². The molecule has 1 aromatic rings. The molecule has 0 bridgehead atoms. The monoisotopic (exact) mass is 603 g/mol. The van der Waals surface area contributed by atoms with Crippen molar-refractivity contribution >= 4 is 36.6 Å². The number of hydrogen-bond acceptors (Lipinski definition) is 9. The third-order valence-electron chi connectivity index (χ3n) is 7.04. The van der Waals surface area contributed by atoms with E-state index in [0.717, 1.165) is 29.0 Å². The largest absolute Gasteiger partial charge is 0.494 e. The summed E-state index contributed by atoms with van der Waals surface area (Å²) >= 11 is 0. The third-order valence-corrected chi connectivity index (χ3v) is 7.04. The summed E-state index contributed by atoms with van der Waals surface area (Å²) in [6.45, 7) is 9.89. The summed E-state index contributed by atoms with van der Waals surface area (Å²) in [4.78, 5) is 47.6. The van der Waals surface area contributed by atoms with Gasteiger partial charge < -0.3 is 34.6 Å². The van der Waals surface area contributed by atoms with Crippen LogP contribution in [0.5, 0.6) is 5.75 Å². The topological polar surface area (TPSA) is 153 Å². The minimum Gasteiger partial charge on any atom is -0.494 e. The SMILES string of the molecule is CC(C)(O)C(C)(C)OBc1ccc(OCCCCNC(=O)CCOCCOCCNC(=O)CCN2C(=O)C=CC2=O)cc1. The molecule has 12 nitrogen and oxygen atoms in total. The summed E-state index contributed by atoms with van der Waals surface area (Å²) in [5.41, 5.74) is -0.631. The van der Waals surface area contributed by atoms with Gasteiger partial charge in [0.05, 0.1) is 44.2 Å². The number of ether oxygens (including phenoxy) is 3. The number of benzene rings is 1. The highest BCUT2D eigenvalue weighted by atomic mass is 16.5. The third kappa shape index (κ3) is 14.2. The molecule has 1 heterocycles. The van der Waals surface area contributed by atoms with Gasteiger partial charge in [-0.3, -0.25) is 24.1 Å². The molecular formula is C30H46BN3O9. The number of nitrogens with one attached hydrogen (secondary N) is 2. The zero-order valence-electron chi connectivity index (χ0n) is 25.8. The molecule has 0 saturated heterocycles. The lowest BCUT2D eigenvalue weighted by molar-refractivity contribution is -0.137. The van der Waals surface area contributed by atoms with Gasteiger partial charge in [0, 0.05) is 44.6 Å². The Balaban J connectivity index is 1.38. The molecule has 238 valence electrons. The number of carbonyl (C=O) groups excluding carboxylic acids is 4. The number of imide groups is 1. The Morgan fingerprint density at radius 1 is 0.814 bits per heavy atom. The van der Waals surface area contributed by atoms with Gasteiger partial charge in [-0.25, -0.2) is 0 Å². The predicted octanol–water partition coefficient (Wildman–Crippen LogP) is 0.359. The molecule has 43 heavy (non-hydrogen) atoms. The van der Waals surface area contributed by atoms with Gasteiger partial charge in [0.25, 0.3) is 11.8 Å². The first-order chi connectivity index (χ1) is 20.4. The number of unbranched alkanes of at least 4 members (excludes halogenated alkanes) is 1. The molecule has 1 aliphatic heterocycles. The summed E-state index contributed by atoms with van der Waals surface area (Å²) < 4.78 is 22.4. The summed E-state index contributed by atoms with van der Waals surface area (Å²) in [6, 6.07) is 7.67. The lowest BCUT2D eigenvalue weighted by Gasteiger charge is -2.37. The van der Waals surface area contributed by atoms with Crippen LogP contribution in [0.1, 0.15) is 53.4 Å². The van der Waals surface area contributed by atoms with Gasteiger partial charge in [-0.15, -0.1) is 0 Å². The molecule has 0 saturated carbocycles. The van der Waals surface area contributed by atoms with Crippen LogP contribution in [0.4, 0.5) is 0 Å². The van der Waals surface area contributed by atoms with Crippen molar-refractivity contribution in [2.24, 2.45) is 0 Å². The second-order valence-electron chi connectivity index (χ2n) is 11.1. The van der Waals surface area contributed by atoms with Gasteiger partial charge in [-0.1, -0.05) is 17.6 Å². The van der Waals surface area contributed by atoms with Crippen LogP contribution in [-0.2, 0) is 33.3 Å². The van der Waals surface area contributed by atoms with E-state index in [9.17, 15) is 24.3 Å². The van der Waals surface area contributed by atoms with Crippen molar-refractivity contribution in [1.29, 1.82) is 0 Å². The van der Waals surface area contributed by atoms with Gasteiger partial charge in [-0.2, -0.15) is 0 Å². The van der Waals surface area contributed by atoms with Crippen molar-refractivity contribution in [3.63, 3.8) is 0 Å². The molecule has 1 aromatic carbocycles. The zero-order chi connectivity index (χ0) is 31.7. The van der Waals surface area contributed by atoms with Gasteiger partial charge in [0.15, 0.2) is 0 Å². The fourth-order valence-electron chi connectivity index (χ4n) is 3.56.